The van der Waals surface area contributed by atoms with Gasteiger partial charge in [0.2, 0.25) is 5.91 Å². The maximum absolute atomic E-state index is 12.4. The first-order chi connectivity index (χ1) is 9.61. The Bertz CT molecular complexity index is 473. The Morgan fingerprint density at radius 2 is 2.35 bits per heavy atom. The number of hydrogen-bond donors (Lipinski definition) is 1. The van der Waals surface area contributed by atoms with Crippen molar-refractivity contribution in [3.63, 3.8) is 0 Å². The minimum Gasteiger partial charge on any atom is -0.496 e. The summed E-state index contributed by atoms with van der Waals surface area (Å²) in [5.74, 6) is 1.13. The third-order valence-corrected chi connectivity index (χ3v) is 4.17. The second kappa shape index (κ2) is 7.09. The predicted molar refractivity (Wildman–Crippen MR) is 82.8 cm³/mol. The van der Waals surface area contributed by atoms with Gasteiger partial charge in [0.25, 0.3) is 0 Å². The number of nitrogens with zero attached hydrogens (tertiary/aromatic N) is 1. The summed E-state index contributed by atoms with van der Waals surface area (Å²) in [5, 5.41) is 3.29. The van der Waals surface area contributed by atoms with Gasteiger partial charge in [0.15, 0.2) is 0 Å². The van der Waals surface area contributed by atoms with E-state index in [9.17, 15) is 4.79 Å². The highest BCUT2D eigenvalue weighted by Gasteiger charge is 2.24. The molecule has 0 spiro atoms. The van der Waals surface area contributed by atoms with Gasteiger partial charge in [-0.2, -0.15) is 0 Å². The molecule has 1 heterocycles. The Balaban J connectivity index is 2.04. The van der Waals surface area contributed by atoms with Crippen LogP contribution in [0.3, 0.4) is 0 Å². The second-order valence-corrected chi connectivity index (χ2v) is 6.11. The van der Waals surface area contributed by atoms with Crippen molar-refractivity contribution in [3.8, 4) is 5.75 Å². The van der Waals surface area contributed by atoms with Gasteiger partial charge in [-0.3, -0.25) is 4.79 Å². The van der Waals surface area contributed by atoms with Crippen molar-refractivity contribution in [2.24, 2.45) is 5.92 Å². The van der Waals surface area contributed by atoms with Crippen LogP contribution in [0.4, 0.5) is 0 Å². The van der Waals surface area contributed by atoms with E-state index in [1.807, 2.05) is 25.2 Å². The monoisotopic (exact) mass is 340 g/mol. The maximum Gasteiger partial charge on any atom is 0.227 e. The lowest BCUT2D eigenvalue weighted by Crippen LogP contribution is -2.41. The van der Waals surface area contributed by atoms with Crippen LogP contribution in [0, 0.1) is 5.92 Å². The Morgan fingerprint density at radius 3 is 3.00 bits per heavy atom. The van der Waals surface area contributed by atoms with Crippen LogP contribution in [-0.2, 0) is 11.3 Å². The van der Waals surface area contributed by atoms with E-state index in [4.69, 9.17) is 4.74 Å². The van der Waals surface area contributed by atoms with Crippen LogP contribution >= 0.6 is 15.9 Å². The normalized spacial score (nSPS) is 18.6. The first kappa shape index (κ1) is 15.3. The minimum atomic E-state index is 0.104. The van der Waals surface area contributed by atoms with Crippen LogP contribution in [0.2, 0.25) is 0 Å². The average molecular weight is 341 g/mol. The van der Waals surface area contributed by atoms with Gasteiger partial charge in [-0.05, 0) is 37.6 Å². The molecule has 1 N–H and O–H groups in total. The molecule has 1 atom stereocenters. The van der Waals surface area contributed by atoms with Crippen molar-refractivity contribution in [1.29, 1.82) is 0 Å². The number of nitrogens with one attached hydrogen (secondary N) is 1. The Hall–Kier alpha value is -1.07. The van der Waals surface area contributed by atoms with Gasteiger partial charge in [-0.25, -0.2) is 0 Å². The summed E-state index contributed by atoms with van der Waals surface area (Å²) in [5.41, 5.74) is 1.02. The van der Waals surface area contributed by atoms with E-state index in [2.05, 4.69) is 21.2 Å². The van der Waals surface area contributed by atoms with E-state index < -0.39 is 0 Å². The van der Waals surface area contributed by atoms with Crippen LogP contribution in [-0.4, -0.2) is 38.1 Å². The van der Waals surface area contributed by atoms with Crippen molar-refractivity contribution in [2.75, 3.05) is 27.2 Å². The molecule has 110 valence electrons. The molecule has 0 saturated carbocycles. The van der Waals surface area contributed by atoms with Gasteiger partial charge >= 0.3 is 0 Å². The molecule has 0 unspecified atom stereocenters. The summed E-state index contributed by atoms with van der Waals surface area (Å²) in [6, 6.07) is 5.86. The van der Waals surface area contributed by atoms with E-state index in [1.54, 1.807) is 12.0 Å². The molecule has 1 aromatic carbocycles. The van der Waals surface area contributed by atoms with E-state index in [1.165, 1.54) is 0 Å². The first-order valence-electron chi connectivity index (χ1n) is 6.90. The molecular weight excluding hydrogens is 320 g/mol. The highest BCUT2D eigenvalue weighted by molar-refractivity contribution is 9.10. The maximum atomic E-state index is 12.4. The summed E-state index contributed by atoms with van der Waals surface area (Å²) >= 11 is 3.46. The molecule has 5 heteroatoms. The van der Waals surface area contributed by atoms with Crippen molar-refractivity contribution < 1.29 is 9.53 Å². The lowest BCUT2D eigenvalue weighted by atomic mass is 9.98. The molecule has 1 amide bonds. The number of piperidine rings is 1. The Morgan fingerprint density at radius 1 is 1.55 bits per heavy atom. The number of carbonyl (C=O) groups is 1. The van der Waals surface area contributed by atoms with Gasteiger partial charge in [0.05, 0.1) is 13.0 Å². The fourth-order valence-electron chi connectivity index (χ4n) is 2.58. The molecule has 4 nitrogen and oxygen atoms in total. The van der Waals surface area contributed by atoms with E-state index >= 15 is 0 Å². The number of benzene rings is 1. The summed E-state index contributed by atoms with van der Waals surface area (Å²) in [7, 11) is 3.51. The highest BCUT2D eigenvalue weighted by Crippen LogP contribution is 2.25. The molecular formula is C15H21BrN2O2. The number of carbonyl (C=O) groups excluding carboxylic acids is 1. The van der Waals surface area contributed by atoms with Crippen molar-refractivity contribution >= 4 is 21.8 Å². The fraction of sp³-hybridized carbons (Fsp3) is 0.533. The zero-order valence-electron chi connectivity index (χ0n) is 12.0. The zero-order valence-corrected chi connectivity index (χ0v) is 13.6. The topological polar surface area (TPSA) is 41.6 Å². The van der Waals surface area contributed by atoms with E-state index in [0.717, 1.165) is 41.7 Å². The lowest BCUT2D eigenvalue weighted by Gasteiger charge is -2.27. The SMILES string of the molecule is COc1ccc(Br)cc1CN(C)C(=O)[C@H]1CCCNC1. The number of rotatable bonds is 4. The Kier molecular flexibility index (Phi) is 5.43. The van der Waals surface area contributed by atoms with Crippen LogP contribution < -0.4 is 10.1 Å². The minimum absolute atomic E-state index is 0.104. The molecule has 1 aliphatic heterocycles. The van der Waals surface area contributed by atoms with Gasteiger partial charge in [0.1, 0.15) is 5.75 Å². The van der Waals surface area contributed by atoms with E-state index in [-0.39, 0.29) is 11.8 Å². The third kappa shape index (κ3) is 3.73. The zero-order chi connectivity index (χ0) is 14.5. The summed E-state index contributed by atoms with van der Waals surface area (Å²) < 4.78 is 6.35. The molecule has 1 aliphatic rings. The van der Waals surface area contributed by atoms with Crippen LogP contribution in [0.1, 0.15) is 18.4 Å². The molecule has 0 radical (unpaired) electrons. The number of amides is 1. The van der Waals surface area contributed by atoms with Crippen molar-refractivity contribution in [3.05, 3.63) is 28.2 Å². The Labute approximate surface area is 128 Å². The summed E-state index contributed by atoms with van der Waals surface area (Å²) in [6.07, 6.45) is 2.05. The highest BCUT2D eigenvalue weighted by atomic mass is 79.9. The van der Waals surface area contributed by atoms with Gasteiger partial charge in [-0.1, -0.05) is 15.9 Å². The molecule has 2 rings (SSSR count). The van der Waals surface area contributed by atoms with E-state index in [0.29, 0.717) is 6.54 Å². The lowest BCUT2D eigenvalue weighted by molar-refractivity contribution is -0.135. The quantitative estimate of drug-likeness (QED) is 0.915. The first-order valence-corrected chi connectivity index (χ1v) is 7.69. The third-order valence-electron chi connectivity index (χ3n) is 3.67. The fourth-order valence-corrected chi connectivity index (χ4v) is 2.99. The number of halogens is 1. The molecule has 0 aromatic heterocycles. The molecule has 0 bridgehead atoms. The molecule has 1 fully saturated rings. The van der Waals surface area contributed by atoms with Gasteiger partial charge in [-0.15, -0.1) is 0 Å². The predicted octanol–water partition coefficient (Wildman–Crippen LogP) is 2.42. The largest absolute Gasteiger partial charge is 0.496 e. The van der Waals surface area contributed by atoms with Crippen LogP contribution in [0.5, 0.6) is 5.75 Å². The van der Waals surface area contributed by atoms with Gasteiger partial charge < -0.3 is 15.0 Å². The number of methoxy groups -OCH3 is 1. The average Bonchev–Trinajstić information content (AvgIpc) is 2.47. The molecule has 1 saturated heterocycles. The molecule has 20 heavy (non-hydrogen) atoms. The number of ether oxygens (including phenoxy) is 1. The van der Waals surface area contributed by atoms with Crippen LogP contribution in [0.15, 0.2) is 22.7 Å². The molecule has 1 aromatic rings. The second-order valence-electron chi connectivity index (χ2n) is 5.19. The van der Waals surface area contributed by atoms with Crippen molar-refractivity contribution in [1.82, 2.24) is 10.2 Å². The van der Waals surface area contributed by atoms with Gasteiger partial charge in [0, 0.05) is 30.2 Å². The number of hydrogen-bond acceptors (Lipinski definition) is 3. The summed E-state index contributed by atoms with van der Waals surface area (Å²) in [4.78, 5) is 14.2. The summed E-state index contributed by atoms with van der Waals surface area (Å²) in [6.45, 7) is 2.38. The standard InChI is InChI=1S/C15H21BrN2O2/c1-18(15(19)11-4-3-7-17-9-11)10-12-8-13(16)5-6-14(12)20-2/h5-6,8,11,17H,3-4,7,9-10H2,1-2H3/t11-/m0/s1. The van der Waals surface area contributed by atoms with Crippen LogP contribution in [0.25, 0.3) is 0 Å². The molecule has 0 aliphatic carbocycles. The smallest absolute Gasteiger partial charge is 0.227 e. The van der Waals surface area contributed by atoms with Crippen molar-refractivity contribution in [2.45, 2.75) is 19.4 Å².